The third kappa shape index (κ3) is 5.05. The number of aryl methyl sites for hydroxylation is 1. The van der Waals surface area contributed by atoms with Crippen molar-refractivity contribution in [3.05, 3.63) is 30.1 Å². The standard InChI is InChI=1S/C15H25N3O2S/c1-2-8-17-15-4-3-11-18(13-15)21(19,20)12-7-14-5-9-16-10-6-14/h5-6,9-10,15,17H,2-4,7-8,11-13H2,1H3. The molecule has 0 radical (unpaired) electrons. The van der Waals surface area contributed by atoms with Gasteiger partial charge in [-0.3, -0.25) is 4.98 Å². The minimum absolute atomic E-state index is 0.178. The average Bonchev–Trinajstić information content (AvgIpc) is 2.52. The van der Waals surface area contributed by atoms with Gasteiger partial charge in [0.25, 0.3) is 0 Å². The van der Waals surface area contributed by atoms with Crippen LogP contribution in [0.5, 0.6) is 0 Å². The second-order valence-electron chi connectivity index (χ2n) is 5.57. The molecule has 1 aromatic heterocycles. The van der Waals surface area contributed by atoms with E-state index in [0.717, 1.165) is 31.4 Å². The predicted molar refractivity (Wildman–Crippen MR) is 84.6 cm³/mol. The largest absolute Gasteiger partial charge is 0.313 e. The molecule has 1 unspecified atom stereocenters. The highest BCUT2D eigenvalue weighted by atomic mass is 32.2. The lowest BCUT2D eigenvalue weighted by atomic mass is 10.1. The van der Waals surface area contributed by atoms with Crippen LogP contribution in [0.25, 0.3) is 0 Å². The molecule has 1 N–H and O–H groups in total. The molecule has 0 bridgehead atoms. The first-order valence-corrected chi connectivity index (χ1v) is 9.33. The molecule has 1 aliphatic rings. The Morgan fingerprint density at radius 2 is 2.14 bits per heavy atom. The molecule has 0 aliphatic carbocycles. The molecule has 2 rings (SSSR count). The highest BCUT2D eigenvalue weighted by molar-refractivity contribution is 7.89. The normalized spacial score (nSPS) is 20.5. The van der Waals surface area contributed by atoms with Crippen molar-refractivity contribution in [2.75, 3.05) is 25.4 Å². The van der Waals surface area contributed by atoms with Crippen LogP contribution in [0.4, 0.5) is 0 Å². The number of aromatic nitrogens is 1. The fourth-order valence-electron chi connectivity index (χ4n) is 2.64. The van der Waals surface area contributed by atoms with Gasteiger partial charge in [0.05, 0.1) is 5.75 Å². The lowest BCUT2D eigenvalue weighted by molar-refractivity contribution is 0.284. The van der Waals surface area contributed by atoms with Crippen LogP contribution >= 0.6 is 0 Å². The number of pyridine rings is 1. The Hall–Kier alpha value is -0.980. The van der Waals surface area contributed by atoms with E-state index in [1.54, 1.807) is 16.7 Å². The first-order valence-electron chi connectivity index (χ1n) is 7.72. The summed E-state index contributed by atoms with van der Waals surface area (Å²) in [6.45, 7) is 4.34. The van der Waals surface area contributed by atoms with Crippen molar-refractivity contribution in [2.45, 2.75) is 38.6 Å². The summed E-state index contributed by atoms with van der Waals surface area (Å²) in [6, 6.07) is 4.05. The van der Waals surface area contributed by atoms with E-state index in [2.05, 4.69) is 17.2 Å². The quantitative estimate of drug-likeness (QED) is 0.827. The Kier molecular flexibility index (Phi) is 6.14. The average molecular weight is 311 g/mol. The summed E-state index contributed by atoms with van der Waals surface area (Å²) in [4.78, 5) is 3.95. The van der Waals surface area contributed by atoms with Gasteiger partial charge in [-0.2, -0.15) is 0 Å². The summed E-state index contributed by atoms with van der Waals surface area (Å²) in [5.41, 5.74) is 1.02. The van der Waals surface area contributed by atoms with Crippen LogP contribution in [0.15, 0.2) is 24.5 Å². The van der Waals surface area contributed by atoms with E-state index in [9.17, 15) is 8.42 Å². The van der Waals surface area contributed by atoms with E-state index < -0.39 is 10.0 Å². The van der Waals surface area contributed by atoms with Gasteiger partial charge in [-0.05, 0) is 49.9 Å². The number of piperidine rings is 1. The van der Waals surface area contributed by atoms with E-state index in [0.29, 0.717) is 25.6 Å². The minimum Gasteiger partial charge on any atom is -0.313 e. The van der Waals surface area contributed by atoms with Crippen LogP contribution in [-0.2, 0) is 16.4 Å². The van der Waals surface area contributed by atoms with Crippen molar-refractivity contribution in [3.63, 3.8) is 0 Å². The second-order valence-corrected chi connectivity index (χ2v) is 7.66. The Morgan fingerprint density at radius 1 is 1.38 bits per heavy atom. The van der Waals surface area contributed by atoms with E-state index >= 15 is 0 Å². The van der Waals surface area contributed by atoms with Crippen LogP contribution in [0.3, 0.4) is 0 Å². The maximum Gasteiger partial charge on any atom is 0.214 e. The highest BCUT2D eigenvalue weighted by Crippen LogP contribution is 2.15. The molecule has 6 heteroatoms. The molecule has 0 saturated carbocycles. The molecule has 0 aromatic carbocycles. The molecular weight excluding hydrogens is 286 g/mol. The third-order valence-electron chi connectivity index (χ3n) is 3.86. The number of rotatable bonds is 7. The lowest BCUT2D eigenvalue weighted by Crippen LogP contribution is -2.48. The van der Waals surface area contributed by atoms with E-state index in [1.165, 1.54) is 0 Å². The Bertz CT molecular complexity index is 519. The van der Waals surface area contributed by atoms with Gasteiger partial charge < -0.3 is 5.32 Å². The number of sulfonamides is 1. The van der Waals surface area contributed by atoms with Crippen molar-refractivity contribution in [3.8, 4) is 0 Å². The minimum atomic E-state index is -3.17. The van der Waals surface area contributed by atoms with Crippen molar-refractivity contribution in [1.29, 1.82) is 0 Å². The molecule has 1 atom stereocenters. The molecule has 1 fully saturated rings. The van der Waals surface area contributed by atoms with E-state index in [1.807, 2.05) is 12.1 Å². The monoisotopic (exact) mass is 311 g/mol. The Balaban J connectivity index is 1.89. The van der Waals surface area contributed by atoms with Gasteiger partial charge in [-0.25, -0.2) is 12.7 Å². The topological polar surface area (TPSA) is 62.3 Å². The molecule has 5 nitrogen and oxygen atoms in total. The first-order chi connectivity index (χ1) is 10.1. The zero-order chi connectivity index (χ0) is 15.1. The van der Waals surface area contributed by atoms with Crippen LogP contribution in [0, 0.1) is 0 Å². The predicted octanol–water partition coefficient (Wildman–Crippen LogP) is 1.42. The van der Waals surface area contributed by atoms with Gasteiger partial charge >= 0.3 is 0 Å². The van der Waals surface area contributed by atoms with Crippen LogP contribution < -0.4 is 5.32 Å². The first kappa shape index (κ1) is 16.4. The van der Waals surface area contributed by atoms with E-state index in [4.69, 9.17) is 0 Å². The molecule has 1 aromatic rings. The van der Waals surface area contributed by atoms with Gasteiger partial charge in [-0.1, -0.05) is 6.92 Å². The summed E-state index contributed by atoms with van der Waals surface area (Å²) < 4.78 is 26.6. The molecule has 2 heterocycles. The van der Waals surface area contributed by atoms with Gasteiger partial charge in [0, 0.05) is 31.5 Å². The highest BCUT2D eigenvalue weighted by Gasteiger charge is 2.28. The van der Waals surface area contributed by atoms with E-state index in [-0.39, 0.29) is 5.75 Å². The molecule has 21 heavy (non-hydrogen) atoms. The van der Waals surface area contributed by atoms with Crippen molar-refractivity contribution in [1.82, 2.24) is 14.6 Å². The van der Waals surface area contributed by atoms with Crippen molar-refractivity contribution < 1.29 is 8.42 Å². The zero-order valence-corrected chi connectivity index (χ0v) is 13.5. The van der Waals surface area contributed by atoms with Crippen LogP contribution in [-0.4, -0.2) is 49.1 Å². The van der Waals surface area contributed by atoms with Gasteiger partial charge in [0.2, 0.25) is 10.0 Å². The summed E-state index contributed by atoms with van der Waals surface area (Å²) in [7, 11) is -3.17. The van der Waals surface area contributed by atoms with Gasteiger partial charge in [-0.15, -0.1) is 0 Å². The smallest absolute Gasteiger partial charge is 0.214 e. The number of nitrogens with one attached hydrogen (secondary N) is 1. The molecule has 1 saturated heterocycles. The second kappa shape index (κ2) is 7.87. The van der Waals surface area contributed by atoms with Gasteiger partial charge in [0.15, 0.2) is 0 Å². The van der Waals surface area contributed by atoms with Crippen LogP contribution in [0.1, 0.15) is 31.7 Å². The molecule has 1 aliphatic heterocycles. The fourth-order valence-corrected chi connectivity index (χ4v) is 4.20. The summed E-state index contributed by atoms with van der Waals surface area (Å²) in [6.07, 6.45) is 7.03. The number of hydrogen-bond acceptors (Lipinski definition) is 4. The van der Waals surface area contributed by atoms with Gasteiger partial charge in [0.1, 0.15) is 0 Å². The maximum absolute atomic E-state index is 12.5. The Morgan fingerprint density at radius 3 is 2.86 bits per heavy atom. The summed E-state index contributed by atoms with van der Waals surface area (Å²) >= 11 is 0. The molecule has 0 spiro atoms. The zero-order valence-electron chi connectivity index (χ0n) is 12.7. The molecule has 0 amide bonds. The van der Waals surface area contributed by atoms with Crippen molar-refractivity contribution in [2.24, 2.45) is 0 Å². The number of nitrogens with zero attached hydrogens (tertiary/aromatic N) is 2. The SMILES string of the molecule is CCCNC1CCCN(S(=O)(=O)CCc2ccncc2)C1. The Labute approximate surface area is 127 Å². The maximum atomic E-state index is 12.5. The molecule has 118 valence electrons. The molecular formula is C15H25N3O2S. The summed E-state index contributed by atoms with van der Waals surface area (Å²) in [5.74, 6) is 0.178. The van der Waals surface area contributed by atoms with Crippen LogP contribution in [0.2, 0.25) is 0 Å². The lowest BCUT2D eigenvalue weighted by Gasteiger charge is -2.32. The fraction of sp³-hybridized carbons (Fsp3) is 0.667. The summed E-state index contributed by atoms with van der Waals surface area (Å²) in [5, 5.41) is 3.43. The number of hydrogen-bond donors (Lipinski definition) is 1. The third-order valence-corrected chi connectivity index (χ3v) is 5.70. The van der Waals surface area contributed by atoms with Crippen molar-refractivity contribution >= 4 is 10.0 Å².